The molecule has 9 nitrogen and oxygen atoms in total. The third-order valence-electron chi connectivity index (χ3n) is 6.32. The van der Waals surface area contributed by atoms with E-state index < -0.39 is 0 Å². The van der Waals surface area contributed by atoms with Crippen LogP contribution in [-0.4, -0.2) is 62.1 Å². The average molecular weight is 441 g/mol. The topological polar surface area (TPSA) is 111 Å². The van der Waals surface area contributed by atoms with E-state index in [1.807, 2.05) is 52.3 Å². The summed E-state index contributed by atoms with van der Waals surface area (Å²) in [4.78, 5) is 41.3. The minimum Gasteiger partial charge on any atom is -0.339 e. The molecule has 33 heavy (non-hydrogen) atoms. The number of para-hydroxylation sites is 1. The predicted octanol–water partition coefficient (Wildman–Crippen LogP) is 2.55. The number of carbonyl (C=O) groups is 1. The molecular weight excluding hydrogens is 418 g/mol. The van der Waals surface area contributed by atoms with Crippen molar-refractivity contribution >= 4 is 22.8 Å². The molecule has 1 saturated carbocycles. The zero-order valence-electron chi connectivity index (χ0n) is 18.0. The van der Waals surface area contributed by atoms with Crippen molar-refractivity contribution in [1.29, 1.82) is 0 Å². The van der Waals surface area contributed by atoms with Gasteiger partial charge in [0.05, 0.1) is 10.9 Å². The molecule has 9 heteroatoms. The van der Waals surface area contributed by atoms with Crippen LogP contribution in [0.15, 0.2) is 53.3 Å². The molecule has 0 unspecified atom stereocenters. The molecule has 6 rings (SSSR count). The summed E-state index contributed by atoms with van der Waals surface area (Å²) in [5, 5.41) is 7.90. The summed E-state index contributed by atoms with van der Waals surface area (Å²) in [7, 11) is 0. The first-order chi connectivity index (χ1) is 16.2. The number of amides is 1. The standard InChI is InChI=1S/C24H23N7O2/c32-22-18-3-1-2-4-19(18)25-24(27-22)31-13-11-30(12-14-31)23(33)17-9-7-16(8-10-17)21-26-20(28-29-21)15-5-6-15/h1-4,7-10,15H,5-6,11-14H2,(H,25,27,32)(H,26,28,29). The lowest BCUT2D eigenvalue weighted by atomic mass is 10.1. The summed E-state index contributed by atoms with van der Waals surface area (Å²) in [6, 6.07) is 14.8. The highest BCUT2D eigenvalue weighted by Gasteiger charge is 2.27. The van der Waals surface area contributed by atoms with Crippen LogP contribution in [0.4, 0.5) is 5.95 Å². The van der Waals surface area contributed by atoms with Gasteiger partial charge >= 0.3 is 0 Å². The maximum Gasteiger partial charge on any atom is 0.260 e. The lowest BCUT2D eigenvalue weighted by Crippen LogP contribution is -2.49. The molecule has 0 atom stereocenters. The number of hydrogen-bond donors (Lipinski definition) is 2. The summed E-state index contributed by atoms with van der Waals surface area (Å²) < 4.78 is 0. The number of piperazine rings is 1. The Morgan fingerprint density at radius 3 is 2.45 bits per heavy atom. The normalized spacial score (nSPS) is 16.4. The van der Waals surface area contributed by atoms with Gasteiger partial charge < -0.3 is 9.80 Å². The van der Waals surface area contributed by atoms with Crippen molar-refractivity contribution in [3.05, 3.63) is 70.3 Å². The van der Waals surface area contributed by atoms with E-state index >= 15 is 0 Å². The number of nitrogens with zero attached hydrogens (tertiary/aromatic N) is 5. The van der Waals surface area contributed by atoms with Gasteiger partial charge in [-0.2, -0.15) is 5.10 Å². The Balaban J connectivity index is 1.12. The van der Waals surface area contributed by atoms with E-state index in [2.05, 4.69) is 25.1 Å². The number of rotatable bonds is 4. The second-order valence-corrected chi connectivity index (χ2v) is 8.58. The maximum absolute atomic E-state index is 13.0. The molecule has 1 aliphatic carbocycles. The summed E-state index contributed by atoms with van der Waals surface area (Å²) in [5.74, 6) is 2.68. The second kappa shape index (κ2) is 7.84. The molecule has 1 amide bonds. The summed E-state index contributed by atoms with van der Waals surface area (Å²) in [6.45, 7) is 2.32. The number of fused-ring (bicyclic) bond motifs is 1. The summed E-state index contributed by atoms with van der Waals surface area (Å²) in [5.41, 5.74) is 2.06. The molecule has 1 aliphatic heterocycles. The summed E-state index contributed by atoms with van der Waals surface area (Å²) >= 11 is 0. The molecule has 3 heterocycles. The Kier molecular flexibility index (Phi) is 4.67. The highest BCUT2D eigenvalue weighted by atomic mass is 16.2. The van der Waals surface area contributed by atoms with Crippen LogP contribution >= 0.6 is 0 Å². The van der Waals surface area contributed by atoms with Crippen molar-refractivity contribution < 1.29 is 4.79 Å². The Labute approximate surface area is 189 Å². The smallest absolute Gasteiger partial charge is 0.260 e. The highest BCUT2D eigenvalue weighted by Crippen LogP contribution is 2.38. The van der Waals surface area contributed by atoms with Crippen molar-refractivity contribution in [2.24, 2.45) is 0 Å². The number of aromatic amines is 2. The molecule has 0 spiro atoms. The average Bonchev–Trinajstić information content (AvgIpc) is 3.60. The van der Waals surface area contributed by atoms with E-state index in [-0.39, 0.29) is 11.5 Å². The quantitative estimate of drug-likeness (QED) is 0.504. The zero-order valence-corrected chi connectivity index (χ0v) is 18.0. The van der Waals surface area contributed by atoms with Crippen LogP contribution in [0, 0.1) is 0 Å². The number of carbonyl (C=O) groups excluding carboxylic acids is 1. The zero-order chi connectivity index (χ0) is 22.4. The van der Waals surface area contributed by atoms with E-state index in [0.717, 1.165) is 11.4 Å². The lowest BCUT2D eigenvalue weighted by molar-refractivity contribution is 0.0746. The second-order valence-electron chi connectivity index (χ2n) is 8.58. The van der Waals surface area contributed by atoms with E-state index in [1.165, 1.54) is 12.8 Å². The fourth-order valence-electron chi connectivity index (χ4n) is 4.23. The largest absolute Gasteiger partial charge is 0.339 e. The molecule has 2 N–H and O–H groups in total. The third kappa shape index (κ3) is 3.75. The monoisotopic (exact) mass is 441 g/mol. The SMILES string of the molecule is O=C(c1ccc(-c2n[nH]c(C3CC3)n2)cc1)N1CCN(c2nc3ccccc3c(=O)[nH]2)CC1. The lowest BCUT2D eigenvalue weighted by Gasteiger charge is -2.35. The van der Waals surface area contributed by atoms with Gasteiger partial charge in [0.25, 0.3) is 11.5 Å². The van der Waals surface area contributed by atoms with E-state index in [0.29, 0.717) is 60.3 Å². The fourth-order valence-corrected chi connectivity index (χ4v) is 4.23. The Morgan fingerprint density at radius 1 is 0.939 bits per heavy atom. The molecule has 4 aromatic rings. The Bertz CT molecular complexity index is 1380. The van der Waals surface area contributed by atoms with Crippen LogP contribution < -0.4 is 10.5 Å². The minimum absolute atomic E-state index is 0.00480. The van der Waals surface area contributed by atoms with Gasteiger partial charge in [-0.25, -0.2) is 9.97 Å². The number of H-pyrrole nitrogens is 2. The van der Waals surface area contributed by atoms with E-state index in [1.54, 1.807) is 6.07 Å². The highest BCUT2D eigenvalue weighted by molar-refractivity contribution is 5.94. The molecule has 166 valence electrons. The molecule has 1 saturated heterocycles. The van der Waals surface area contributed by atoms with Crippen LogP contribution in [0.25, 0.3) is 22.3 Å². The number of benzene rings is 2. The first-order valence-electron chi connectivity index (χ1n) is 11.2. The Hall–Kier alpha value is -4.01. The van der Waals surface area contributed by atoms with Gasteiger partial charge in [-0.15, -0.1) is 0 Å². The minimum atomic E-state index is -0.148. The Morgan fingerprint density at radius 2 is 1.70 bits per heavy atom. The molecule has 2 aromatic carbocycles. The van der Waals surface area contributed by atoms with Crippen molar-refractivity contribution in [3.8, 4) is 11.4 Å². The van der Waals surface area contributed by atoms with Crippen LogP contribution in [0.3, 0.4) is 0 Å². The maximum atomic E-state index is 13.0. The third-order valence-corrected chi connectivity index (χ3v) is 6.32. The van der Waals surface area contributed by atoms with Gasteiger partial charge in [-0.1, -0.05) is 24.3 Å². The van der Waals surface area contributed by atoms with Crippen LogP contribution in [0.1, 0.15) is 34.9 Å². The molecule has 2 fully saturated rings. The van der Waals surface area contributed by atoms with Crippen molar-refractivity contribution in [2.45, 2.75) is 18.8 Å². The van der Waals surface area contributed by atoms with Gasteiger partial charge in [-0.05, 0) is 37.1 Å². The van der Waals surface area contributed by atoms with Gasteiger partial charge in [0, 0.05) is 43.2 Å². The van der Waals surface area contributed by atoms with Crippen molar-refractivity contribution in [3.63, 3.8) is 0 Å². The number of nitrogens with one attached hydrogen (secondary N) is 2. The van der Waals surface area contributed by atoms with Gasteiger partial charge in [0.1, 0.15) is 5.82 Å². The van der Waals surface area contributed by atoms with E-state index in [4.69, 9.17) is 0 Å². The first kappa shape index (κ1) is 19.7. The van der Waals surface area contributed by atoms with Gasteiger partial charge in [0.15, 0.2) is 5.82 Å². The molecule has 2 aliphatic rings. The van der Waals surface area contributed by atoms with Gasteiger partial charge in [-0.3, -0.25) is 19.7 Å². The number of aromatic nitrogens is 5. The van der Waals surface area contributed by atoms with E-state index in [9.17, 15) is 9.59 Å². The molecule has 2 aromatic heterocycles. The van der Waals surface area contributed by atoms with Gasteiger partial charge in [0.2, 0.25) is 5.95 Å². The summed E-state index contributed by atoms with van der Waals surface area (Å²) in [6.07, 6.45) is 2.34. The van der Waals surface area contributed by atoms with Crippen molar-refractivity contribution in [2.75, 3.05) is 31.1 Å². The number of anilines is 1. The van der Waals surface area contributed by atoms with Crippen molar-refractivity contribution in [1.82, 2.24) is 30.0 Å². The van der Waals surface area contributed by atoms with Crippen LogP contribution in [0.2, 0.25) is 0 Å². The van der Waals surface area contributed by atoms with Crippen LogP contribution in [0.5, 0.6) is 0 Å². The molecule has 0 radical (unpaired) electrons. The van der Waals surface area contributed by atoms with Crippen LogP contribution in [-0.2, 0) is 0 Å². The fraction of sp³-hybridized carbons (Fsp3) is 0.292. The molecular formula is C24H23N7O2. The predicted molar refractivity (Wildman–Crippen MR) is 124 cm³/mol. The number of hydrogen-bond acceptors (Lipinski definition) is 6. The molecule has 0 bridgehead atoms. The first-order valence-corrected chi connectivity index (χ1v) is 11.2.